The van der Waals surface area contributed by atoms with Crippen molar-refractivity contribution < 1.29 is 9.18 Å². The van der Waals surface area contributed by atoms with E-state index >= 15 is 0 Å². The van der Waals surface area contributed by atoms with E-state index in [9.17, 15) is 9.18 Å². The number of benzene rings is 1. The van der Waals surface area contributed by atoms with Crippen LogP contribution >= 0.6 is 11.8 Å². The average molecular weight is 320 g/mol. The molecule has 0 bridgehead atoms. The quantitative estimate of drug-likeness (QED) is 0.628. The Kier molecular flexibility index (Phi) is 5.71. The number of carbonyl (C=O) groups is 1. The van der Waals surface area contributed by atoms with E-state index in [0.29, 0.717) is 17.3 Å². The van der Waals surface area contributed by atoms with Crippen molar-refractivity contribution >= 4 is 17.7 Å². The van der Waals surface area contributed by atoms with E-state index in [-0.39, 0.29) is 24.0 Å². The molecule has 0 atom stereocenters. The fourth-order valence-electron chi connectivity index (χ4n) is 1.82. The van der Waals surface area contributed by atoms with Gasteiger partial charge in [-0.05, 0) is 13.0 Å². The van der Waals surface area contributed by atoms with Gasteiger partial charge in [-0.15, -0.1) is 16.8 Å². The fraction of sp³-hybridized carbons (Fsp3) is 0.267. The van der Waals surface area contributed by atoms with E-state index in [4.69, 9.17) is 0 Å². The summed E-state index contributed by atoms with van der Waals surface area (Å²) in [6.45, 7) is 6.30. The summed E-state index contributed by atoms with van der Waals surface area (Å²) in [6, 6.07) is 6.37. The van der Waals surface area contributed by atoms with Crippen LogP contribution in [0.5, 0.6) is 0 Å². The lowest BCUT2D eigenvalue weighted by molar-refractivity contribution is -0.118. The van der Waals surface area contributed by atoms with Gasteiger partial charge >= 0.3 is 0 Å². The van der Waals surface area contributed by atoms with Crippen LogP contribution in [0.3, 0.4) is 0 Å². The second-order valence-electron chi connectivity index (χ2n) is 4.59. The average Bonchev–Trinajstić information content (AvgIpc) is 2.85. The van der Waals surface area contributed by atoms with Gasteiger partial charge < -0.3 is 9.88 Å². The maximum atomic E-state index is 13.4. The second kappa shape index (κ2) is 7.74. The van der Waals surface area contributed by atoms with Crippen molar-refractivity contribution in [3.8, 4) is 0 Å². The summed E-state index contributed by atoms with van der Waals surface area (Å²) in [6.07, 6.45) is 1.75. The number of hydrogen-bond donors (Lipinski definition) is 1. The minimum atomic E-state index is -0.322. The molecule has 0 saturated carbocycles. The lowest BCUT2D eigenvalue weighted by Crippen LogP contribution is -2.25. The molecule has 0 unspecified atom stereocenters. The monoisotopic (exact) mass is 320 g/mol. The molecule has 0 radical (unpaired) electrons. The molecule has 0 fully saturated rings. The molecular weight excluding hydrogens is 303 g/mol. The maximum absolute atomic E-state index is 13.4. The van der Waals surface area contributed by atoms with E-state index in [1.54, 1.807) is 24.3 Å². The summed E-state index contributed by atoms with van der Waals surface area (Å²) >= 11 is 1.29. The van der Waals surface area contributed by atoms with Crippen LogP contribution in [0, 0.1) is 12.7 Å². The van der Waals surface area contributed by atoms with Crippen LogP contribution in [-0.4, -0.2) is 26.4 Å². The predicted molar refractivity (Wildman–Crippen MR) is 83.9 cm³/mol. The highest BCUT2D eigenvalue weighted by molar-refractivity contribution is 7.99. The van der Waals surface area contributed by atoms with Crippen LogP contribution in [0.15, 0.2) is 42.1 Å². The maximum Gasteiger partial charge on any atom is 0.230 e. The third-order valence-corrected chi connectivity index (χ3v) is 3.95. The number of thioether (sulfide) groups is 1. The lowest BCUT2D eigenvalue weighted by atomic mass is 10.2. The first kappa shape index (κ1) is 16.2. The Hall–Kier alpha value is -2.15. The Balaban J connectivity index is 1.86. The normalized spacial score (nSPS) is 10.5. The van der Waals surface area contributed by atoms with Crippen LogP contribution in [0.25, 0.3) is 0 Å². The summed E-state index contributed by atoms with van der Waals surface area (Å²) in [5.41, 5.74) is 0.464. The molecule has 5 nitrogen and oxygen atoms in total. The van der Waals surface area contributed by atoms with Crippen LogP contribution in [0.1, 0.15) is 11.4 Å². The Morgan fingerprint density at radius 1 is 1.45 bits per heavy atom. The van der Waals surface area contributed by atoms with Gasteiger partial charge in [0.15, 0.2) is 5.16 Å². The highest BCUT2D eigenvalue weighted by atomic mass is 32.2. The van der Waals surface area contributed by atoms with E-state index in [1.165, 1.54) is 17.8 Å². The van der Waals surface area contributed by atoms with Gasteiger partial charge in [-0.25, -0.2) is 4.39 Å². The van der Waals surface area contributed by atoms with Gasteiger partial charge in [-0.1, -0.05) is 36.0 Å². The molecule has 0 saturated heterocycles. The number of amides is 1. The number of aryl methyl sites for hydroxylation is 1. The standard InChI is InChI=1S/C15H17FN4OS/c1-3-8-20-11(2)18-19-15(20)22-10-14(21)17-9-12-6-4-5-7-13(12)16/h3-7H,1,8-10H2,2H3,(H,17,21). The Morgan fingerprint density at radius 2 is 2.23 bits per heavy atom. The molecule has 1 aromatic heterocycles. The van der Waals surface area contributed by atoms with Crippen LogP contribution < -0.4 is 5.32 Å². The number of aromatic nitrogens is 3. The minimum absolute atomic E-state index is 0.171. The van der Waals surface area contributed by atoms with Crippen molar-refractivity contribution in [3.63, 3.8) is 0 Å². The van der Waals surface area contributed by atoms with Crippen molar-refractivity contribution in [3.05, 3.63) is 54.1 Å². The molecule has 7 heteroatoms. The number of rotatable bonds is 7. The topological polar surface area (TPSA) is 59.8 Å². The van der Waals surface area contributed by atoms with Gasteiger partial charge in [0, 0.05) is 18.7 Å². The zero-order valence-corrected chi connectivity index (χ0v) is 13.1. The smallest absolute Gasteiger partial charge is 0.230 e. The van der Waals surface area contributed by atoms with Gasteiger partial charge in [-0.2, -0.15) is 0 Å². The number of halogens is 1. The largest absolute Gasteiger partial charge is 0.351 e. The van der Waals surface area contributed by atoms with Gasteiger partial charge in [0.25, 0.3) is 0 Å². The first-order chi connectivity index (χ1) is 10.6. The Labute approximate surface area is 132 Å². The Bertz CT molecular complexity index is 671. The molecule has 1 aromatic carbocycles. The number of nitrogens with zero attached hydrogens (tertiary/aromatic N) is 3. The summed E-state index contributed by atoms with van der Waals surface area (Å²) in [7, 11) is 0. The molecule has 1 heterocycles. The molecule has 2 rings (SSSR count). The van der Waals surface area contributed by atoms with Crippen molar-refractivity contribution in [2.24, 2.45) is 0 Å². The van der Waals surface area contributed by atoms with Crippen LogP contribution in [0.2, 0.25) is 0 Å². The molecule has 2 aromatic rings. The van der Waals surface area contributed by atoms with Gasteiger partial charge in [0.05, 0.1) is 5.75 Å². The van der Waals surface area contributed by atoms with E-state index in [0.717, 1.165) is 5.82 Å². The van der Waals surface area contributed by atoms with Gasteiger partial charge in [-0.3, -0.25) is 4.79 Å². The van der Waals surface area contributed by atoms with Gasteiger partial charge in [0.2, 0.25) is 5.91 Å². The molecule has 116 valence electrons. The van der Waals surface area contributed by atoms with Crippen LogP contribution in [0.4, 0.5) is 4.39 Å². The molecule has 0 aliphatic rings. The van der Waals surface area contributed by atoms with Crippen molar-refractivity contribution in [1.82, 2.24) is 20.1 Å². The fourth-order valence-corrected chi connectivity index (χ4v) is 2.65. The number of allylic oxidation sites excluding steroid dienone is 1. The molecule has 0 aliphatic carbocycles. The summed E-state index contributed by atoms with van der Waals surface area (Å²) in [4.78, 5) is 11.8. The molecule has 1 N–H and O–H groups in total. The van der Waals surface area contributed by atoms with E-state index in [2.05, 4.69) is 22.1 Å². The molecular formula is C15H17FN4OS. The number of carbonyl (C=O) groups excluding carboxylic acids is 1. The molecule has 1 amide bonds. The van der Waals surface area contributed by atoms with Crippen LogP contribution in [-0.2, 0) is 17.9 Å². The molecule has 22 heavy (non-hydrogen) atoms. The second-order valence-corrected chi connectivity index (χ2v) is 5.53. The number of hydrogen-bond acceptors (Lipinski definition) is 4. The van der Waals surface area contributed by atoms with E-state index in [1.807, 2.05) is 11.5 Å². The summed E-state index contributed by atoms with van der Waals surface area (Å²) in [5.74, 6) is 0.467. The minimum Gasteiger partial charge on any atom is -0.351 e. The highest BCUT2D eigenvalue weighted by Crippen LogP contribution is 2.16. The first-order valence-electron chi connectivity index (χ1n) is 6.75. The zero-order chi connectivity index (χ0) is 15.9. The van der Waals surface area contributed by atoms with Crippen molar-refractivity contribution in [2.75, 3.05) is 5.75 Å². The molecule has 0 spiro atoms. The van der Waals surface area contributed by atoms with E-state index < -0.39 is 0 Å². The summed E-state index contributed by atoms with van der Waals surface area (Å²) < 4.78 is 15.3. The SMILES string of the molecule is C=CCn1c(C)nnc1SCC(=O)NCc1ccccc1F. The third-order valence-electron chi connectivity index (χ3n) is 2.98. The van der Waals surface area contributed by atoms with Gasteiger partial charge in [0.1, 0.15) is 11.6 Å². The van der Waals surface area contributed by atoms with Crippen molar-refractivity contribution in [2.45, 2.75) is 25.2 Å². The first-order valence-corrected chi connectivity index (χ1v) is 7.74. The molecule has 0 aliphatic heterocycles. The van der Waals surface area contributed by atoms with Crippen molar-refractivity contribution in [1.29, 1.82) is 0 Å². The predicted octanol–water partition coefficient (Wildman–Crippen LogP) is 2.32. The summed E-state index contributed by atoms with van der Waals surface area (Å²) in [5, 5.41) is 11.4. The third kappa shape index (κ3) is 4.17. The Morgan fingerprint density at radius 3 is 2.95 bits per heavy atom. The number of nitrogens with one attached hydrogen (secondary N) is 1. The highest BCUT2D eigenvalue weighted by Gasteiger charge is 2.11. The zero-order valence-electron chi connectivity index (χ0n) is 12.3. The lowest BCUT2D eigenvalue weighted by Gasteiger charge is -2.07.